The Labute approximate surface area is 96.8 Å². The first-order valence-corrected chi connectivity index (χ1v) is 5.98. The summed E-state index contributed by atoms with van der Waals surface area (Å²) in [6.45, 7) is 4.25. The average molecular weight is 221 g/mol. The first-order valence-electron chi connectivity index (χ1n) is 5.98. The van der Waals surface area contributed by atoms with Gasteiger partial charge in [-0.1, -0.05) is 12.1 Å². The van der Waals surface area contributed by atoms with Crippen molar-refractivity contribution >= 4 is 0 Å². The third kappa shape index (κ3) is 3.42. The molecule has 0 saturated heterocycles. The van der Waals surface area contributed by atoms with Crippen molar-refractivity contribution in [1.82, 2.24) is 5.32 Å². The van der Waals surface area contributed by atoms with E-state index in [1.54, 1.807) is 0 Å². The van der Waals surface area contributed by atoms with Crippen molar-refractivity contribution in [2.24, 2.45) is 0 Å². The monoisotopic (exact) mass is 221 g/mol. The number of hydrogen-bond acceptors (Lipinski definition) is 3. The van der Waals surface area contributed by atoms with E-state index >= 15 is 0 Å². The molecule has 88 valence electrons. The lowest BCUT2D eigenvalue weighted by molar-refractivity contribution is 0.275. The largest absolute Gasteiger partial charge is 0.490 e. The molecular formula is C13H19NO2. The van der Waals surface area contributed by atoms with Gasteiger partial charge in [0.25, 0.3) is 0 Å². The van der Waals surface area contributed by atoms with Gasteiger partial charge in [-0.15, -0.1) is 0 Å². The molecule has 0 atom stereocenters. The average Bonchev–Trinajstić information content (AvgIpc) is 3.11. The van der Waals surface area contributed by atoms with Gasteiger partial charge in [-0.25, -0.2) is 0 Å². The quantitative estimate of drug-likeness (QED) is 0.716. The molecule has 3 heteroatoms. The van der Waals surface area contributed by atoms with E-state index in [1.165, 1.54) is 12.8 Å². The highest BCUT2D eigenvalue weighted by Crippen LogP contribution is 2.26. The molecule has 0 radical (unpaired) electrons. The summed E-state index contributed by atoms with van der Waals surface area (Å²) >= 11 is 0. The number of benzene rings is 1. The molecule has 1 aromatic rings. The van der Waals surface area contributed by atoms with Gasteiger partial charge in [-0.2, -0.15) is 0 Å². The SMILES string of the molecule is CCOc1ccccc1OCCNC1CC1. The molecule has 0 aromatic heterocycles. The Balaban J connectivity index is 1.77. The van der Waals surface area contributed by atoms with Crippen LogP contribution in [0.5, 0.6) is 11.5 Å². The number of para-hydroxylation sites is 2. The van der Waals surface area contributed by atoms with Gasteiger partial charge < -0.3 is 14.8 Å². The molecule has 0 unspecified atom stereocenters. The molecule has 0 amide bonds. The van der Waals surface area contributed by atoms with Crippen LogP contribution in [0, 0.1) is 0 Å². The molecule has 0 heterocycles. The maximum Gasteiger partial charge on any atom is 0.161 e. The fourth-order valence-electron chi connectivity index (χ4n) is 1.56. The van der Waals surface area contributed by atoms with Gasteiger partial charge >= 0.3 is 0 Å². The Kier molecular flexibility index (Phi) is 4.05. The Morgan fingerprint density at radius 3 is 2.50 bits per heavy atom. The van der Waals surface area contributed by atoms with E-state index in [4.69, 9.17) is 9.47 Å². The van der Waals surface area contributed by atoms with Gasteiger partial charge in [0, 0.05) is 12.6 Å². The van der Waals surface area contributed by atoms with E-state index in [1.807, 2.05) is 31.2 Å². The normalized spacial score (nSPS) is 14.8. The van der Waals surface area contributed by atoms with Crippen LogP contribution < -0.4 is 14.8 Å². The van der Waals surface area contributed by atoms with Crippen LogP contribution in [-0.4, -0.2) is 25.8 Å². The van der Waals surface area contributed by atoms with Gasteiger partial charge in [0.1, 0.15) is 6.61 Å². The lowest BCUT2D eigenvalue weighted by Crippen LogP contribution is -2.22. The molecule has 16 heavy (non-hydrogen) atoms. The van der Waals surface area contributed by atoms with Crippen LogP contribution in [0.2, 0.25) is 0 Å². The zero-order valence-corrected chi connectivity index (χ0v) is 9.74. The molecule has 3 nitrogen and oxygen atoms in total. The molecule has 1 aliphatic rings. The highest BCUT2D eigenvalue weighted by molar-refractivity contribution is 5.39. The van der Waals surface area contributed by atoms with Crippen LogP contribution in [0.3, 0.4) is 0 Å². The second-order valence-electron chi connectivity index (χ2n) is 3.96. The third-order valence-electron chi connectivity index (χ3n) is 2.52. The zero-order valence-electron chi connectivity index (χ0n) is 9.74. The summed E-state index contributed by atoms with van der Waals surface area (Å²) < 4.78 is 11.2. The Morgan fingerprint density at radius 2 is 1.88 bits per heavy atom. The van der Waals surface area contributed by atoms with E-state index in [0.717, 1.165) is 24.1 Å². The molecule has 1 saturated carbocycles. The van der Waals surface area contributed by atoms with Crippen molar-refractivity contribution in [2.75, 3.05) is 19.8 Å². The number of rotatable bonds is 7. The summed E-state index contributed by atoms with van der Waals surface area (Å²) in [4.78, 5) is 0. The predicted molar refractivity (Wildman–Crippen MR) is 64.1 cm³/mol. The molecule has 2 rings (SSSR count). The van der Waals surface area contributed by atoms with Crippen molar-refractivity contribution < 1.29 is 9.47 Å². The first-order chi connectivity index (χ1) is 7.90. The molecule has 1 aromatic carbocycles. The predicted octanol–water partition coefficient (Wildman–Crippen LogP) is 2.22. The molecule has 1 N–H and O–H groups in total. The maximum atomic E-state index is 5.68. The summed E-state index contributed by atoms with van der Waals surface area (Å²) in [7, 11) is 0. The van der Waals surface area contributed by atoms with Crippen molar-refractivity contribution in [3.05, 3.63) is 24.3 Å². The lowest BCUT2D eigenvalue weighted by Gasteiger charge is -2.11. The fourth-order valence-corrected chi connectivity index (χ4v) is 1.56. The Morgan fingerprint density at radius 1 is 1.19 bits per heavy atom. The molecule has 0 bridgehead atoms. The number of nitrogens with one attached hydrogen (secondary N) is 1. The van der Waals surface area contributed by atoms with Crippen LogP contribution >= 0.6 is 0 Å². The van der Waals surface area contributed by atoms with Gasteiger partial charge in [0.05, 0.1) is 6.61 Å². The van der Waals surface area contributed by atoms with Crippen molar-refractivity contribution in [3.8, 4) is 11.5 Å². The van der Waals surface area contributed by atoms with Gasteiger partial charge in [0.15, 0.2) is 11.5 Å². The summed E-state index contributed by atoms with van der Waals surface area (Å²) in [6.07, 6.45) is 2.63. The Hall–Kier alpha value is -1.22. The van der Waals surface area contributed by atoms with Crippen LogP contribution in [-0.2, 0) is 0 Å². The van der Waals surface area contributed by atoms with Crippen molar-refractivity contribution in [1.29, 1.82) is 0 Å². The van der Waals surface area contributed by atoms with Crippen LogP contribution in [0.15, 0.2) is 24.3 Å². The minimum absolute atomic E-state index is 0.667. The van der Waals surface area contributed by atoms with Gasteiger partial charge in [-0.3, -0.25) is 0 Å². The second kappa shape index (κ2) is 5.75. The maximum absolute atomic E-state index is 5.68. The van der Waals surface area contributed by atoms with E-state index in [2.05, 4.69) is 5.32 Å². The van der Waals surface area contributed by atoms with E-state index in [9.17, 15) is 0 Å². The molecule has 1 fully saturated rings. The summed E-state index contributed by atoms with van der Waals surface area (Å²) in [6, 6.07) is 8.55. The Bertz CT molecular complexity index is 323. The summed E-state index contributed by atoms with van der Waals surface area (Å²) in [5.41, 5.74) is 0. The number of hydrogen-bond donors (Lipinski definition) is 1. The highest BCUT2D eigenvalue weighted by Gasteiger charge is 2.19. The van der Waals surface area contributed by atoms with E-state index in [0.29, 0.717) is 13.2 Å². The van der Waals surface area contributed by atoms with Crippen LogP contribution in [0.1, 0.15) is 19.8 Å². The van der Waals surface area contributed by atoms with Crippen LogP contribution in [0.25, 0.3) is 0 Å². The number of ether oxygens (including phenoxy) is 2. The summed E-state index contributed by atoms with van der Waals surface area (Å²) in [5, 5.41) is 3.41. The van der Waals surface area contributed by atoms with Crippen LogP contribution in [0.4, 0.5) is 0 Å². The van der Waals surface area contributed by atoms with E-state index in [-0.39, 0.29) is 0 Å². The minimum atomic E-state index is 0.667. The molecule has 0 spiro atoms. The standard InChI is InChI=1S/C13H19NO2/c1-2-15-12-5-3-4-6-13(12)16-10-9-14-11-7-8-11/h3-6,11,14H,2,7-10H2,1H3. The van der Waals surface area contributed by atoms with E-state index < -0.39 is 0 Å². The smallest absolute Gasteiger partial charge is 0.161 e. The van der Waals surface area contributed by atoms with Crippen molar-refractivity contribution in [2.45, 2.75) is 25.8 Å². The third-order valence-corrected chi connectivity index (χ3v) is 2.52. The summed E-state index contributed by atoms with van der Waals surface area (Å²) in [5.74, 6) is 1.67. The molecular weight excluding hydrogens is 202 g/mol. The minimum Gasteiger partial charge on any atom is -0.490 e. The van der Waals surface area contributed by atoms with Gasteiger partial charge in [-0.05, 0) is 31.9 Å². The topological polar surface area (TPSA) is 30.5 Å². The molecule has 1 aliphatic carbocycles. The fraction of sp³-hybridized carbons (Fsp3) is 0.538. The van der Waals surface area contributed by atoms with Gasteiger partial charge in [0.2, 0.25) is 0 Å². The first kappa shape index (κ1) is 11.3. The molecule has 0 aliphatic heterocycles. The zero-order chi connectivity index (χ0) is 11.2. The lowest BCUT2D eigenvalue weighted by atomic mass is 10.3. The highest BCUT2D eigenvalue weighted by atomic mass is 16.5. The van der Waals surface area contributed by atoms with Crippen molar-refractivity contribution in [3.63, 3.8) is 0 Å². The second-order valence-corrected chi connectivity index (χ2v) is 3.96.